The molecule has 0 fully saturated rings. The van der Waals surface area contributed by atoms with Gasteiger partial charge in [0.2, 0.25) is 0 Å². The molecule has 1 heterocycles. The molecular formula is C10H13F2NS. The van der Waals surface area contributed by atoms with E-state index < -0.39 is 6.43 Å². The highest BCUT2D eigenvalue weighted by atomic mass is 32.2. The van der Waals surface area contributed by atoms with Crippen molar-refractivity contribution in [1.82, 2.24) is 4.98 Å². The number of nitrogens with zero attached hydrogens (tertiary/aromatic N) is 1. The van der Waals surface area contributed by atoms with Gasteiger partial charge in [0.25, 0.3) is 6.43 Å². The zero-order valence-corrected chi connectivity index (χ0v) is 9.29. The summed E-state index contributed by atoms with van der Waals surface area (Å²) in [6.45, 7) is 3.64. The fourth-order valence-electron chi connectivity index (χ4n) is 1.36. The molecule has 0 aliphatic heterocycles. The lowest BCUT2D eigenvalue weighted by molar-refractivity contribution is 0.146. The number of rotatable bonds is 3. The second-order valence-electron chi connectivity index (χ2n) is 3.16. The van der Waals surface area contributed by atoms with E-state index in [0.717, 1.165) is 22.6 Å². The highest BCUT2D eigenvalue weighted by Crippen LogP contribution is 2.23. The van der Waals surface area contributed by atoms with E-state index in [-0.39, 0.29) is 5.69 Å². The average Bonchev–Trinajstić information content (AvgIpc) is 2.10. The third-order valence-corrected chi connectivity index (χ3v) is 2.66. The summed E-state index contributed by atoms with van der Waals surface area (Å²) in [6.07, 6.45) is -0.490. The van der Waals surface area contributed by atoms with E-state index in [2.05, 4.69) is 4.98 Å². The summed E-state index contributed by atoms with van der Waals surface area (Å²) >= 11 is 1.67. The first-order valence-corrected chi connectivity index (χ1v) is 5.69. The van der Waals surface area contributed by atoms with Crippen LogP contribution in [-0.2, 0) is 5.75 Å². The highest BCUT2D eigenvalue weighted by molar-refractivity contribution is 7.97. The summed E-state index contributed by atoms with van der Waals surface area (Å²) in [7, 11) is 0. The highest BCUT2D eigenvalue weighted by Gasteiger charge is 2.12. The topological polar surface area (TPSA) is 12.9 Å². The van der Waals surface area contributed by atoms with Gasteiger partial charge in [-0.3, -0.25) is 4.98 Å². The monoisotopic (exact) mass is 217 g/mol. The molecule has 1 aromatic rings. The molecule has 4 heteroatoms. The summed E-state index contributed by atoms with van der Waals surface area (Å²) in [4.78, 5) is 3.89. The van der Waals surface area contributed by atoms with Gasteiger partial charge in [0, 0.05) is 11.4 Å². The molecule has 0 aromatic carbocycles. The van der Waals surface area contributed by atoms with Crippen LogP contribution in [0.1, 0.15) is 28.9 Å². The van der Waals surface area contributed by atoms with E-state index in [1.807, 2.05) is 13.2 Å². The van der Waals surface area contributed by atoms with Crippen LogP contribution in [0.3, 0.4) is 0 Å². The van der Waals surface area contributed by atoms with Gasteiger partial charge < -0.3 is 0 Å². The molecule has 0 atom stereocenters. The van der Waals surface area contributed by atoms with Crippen LogP contribution in [0.4, 0.5) is 8.78 Å². The van der Waals surface area contributed by atoms with Crippen LogP contribution in [-0.4, -0.2) is 11.2 Å². The summed E-state index contributed by atoms with van der Waals surface area (Å²) in [5.41, 5.74) is 2.57. The average molecular weight is 217 g/mol. The number of pyridine rings is 1. The first-order chi connectivity index (χ1) is 6.56. The van der Waals surface area contributed by atoms with Gasteiger partial charge in [-0.2, -0.15) is 11.8 Å². The minimum absolute atomic E-state index is 0.121. The van der Waals surface area contributed by atoms with E-state index in [1.165, 1.54) is 6.07 Å². The molecule has 0 spiro atoms. The van der Waals surface area contributed by atoms with Crippen molar-refractivity contribution in [3.05, 3.63) is 28.6 Å². The first kappa shape index (κ1) is 11.4. The smallest absolute Gasteiger partial charge is 0.252 e. The largest absolute Gasteiger partial charge is 0.280 e. The fraction of sp³-hybridized carbons (Fsp3) is 0.500. The molecule has 0 amide bonds. The van der Waals surface area contributed by atoms with Gasteiger partial charge >= 0.3 is 0 Å². The van der Waals surface area contributed by atoms with Crippen molar-refractivity contribution in [1.29, 1.82) is 0 Å². The van der Waals surface area contributed by atoms with Gasteiger partial charge in [-0.05, 0) is 37.3 Å². The van der Waals surface area contributed by atoms with E-state index in [1.54, 1.807) is 18.7 Å². The number of hydrogen-bond donors (Lipinski definition) is 0. The number of hydrogen-bond acceptors (Lipinski definition) is 2. The summed E-state index contributed by atoms with van der Waals surface area (Å²) in [6, 6.07) is 1.48. The Bertz CT molecular complexity index is 303. The number of thioether (sulfide) groups is 1. The molecule has 1 nitrogen and oxygen atoms in total. The molecule has 0 saturated carbocycles. The Hall–Kier alpha value is -0.640. The van der Waals surface area contributed by atoms with E-state index in [0.29, 0.717) is 0 Å². The summed E-state index contributed by atoms with van der Waals surface area (Å²) in [5, 5.41) is 0. The van der Waals surface area contributed by atoms with Crippen LogP contribution in [0.2, 0.25) is 0 Å². The SMILES string of the molecule is CSCc1c(C)cc(C(F)F)nc1C. The van der Waals surface area contributed by atoms with Crippen LogP contribution in [0.5, 0.6) is 0 Å². The number of alkyl halides is 2. The Labute approximate surface area is 86.9 Å². The molecule has 14 heavy (non-hydrogen) atoms. The molecule has 1 aromatic heterocycles. The van der Waals surface area contributed by atoms with Crippen LogP contribution in [0.15, 0.2) is 6.07 Å². The standard InChI is InChI=1S/C10H13F2NS/c1-6-4-9(10(11)12)13-7(2)8(6)5-14-3/h4,10H,5H2,1-3H3. The van der Waals surface area contributed by atoms with Gasteiger partial charge in [0.15, 0.2) is 0 Å². The molecule has 0 bridgehead atoms. The number of halogens is 2. The third kappa shape index (κ3) is 2.44. The van der Waals surface area contributed by atoms with Gasteiger partial charge in [-0.15, -0.1) is 0 Å². The van der Waals surface area contributed by atoms with Gasteiger partial charge in [0.05, 0.1) is 0 Å². The summed E-state index contributed by atoms with van der Waals surface area (Å²) in [5.74, 6) is 0.828. The van der Waals surface area contributed by atoms with Gasteiger partial charge in [0.1, 0.15) is 5.69 Å². The van der Waals surface area contributed by atoms with Crippen molar-refractivity contribution in [2.45, 2.75) is 26.0 Å². The van der Waals surface area contributed by atoms with Gasteiger partial charge in [-0.1, -0.05) is 0 Å². The molecule has 0 saturated heterocycles. The maximum atomic E-state index is 12.4. The zero-order valence-electron chi connectivity index (χ0n) is 8.47. The number of aromatic nitrogens is 1. The van der Waals surface area contributed by atoms with Crippen LogP contribution >= 0.6 is 11.8 Å². The molecule has 0 aliphatic rings. The maximum Gasteiger partial charge on any atom is 0.280 e. The molecule has 1 rings (SSSR count). The predicted octanol–water partition coefficient (Wildman–Crippen LogP) is 3.50. The van der Waals surface area contributed by atoms with Crippen molar-refractivity contribution in [2.24, 2.45) is 0 Å². The molecule has 0 N–H and O–H groups in total. The van der Waals surface area contributed by atoms with Crippen molar-refractivity contribution in [3.8, 4) is 0 Å². The first-order valence-electron chi connectivity index (χ1n) is 4.30. The second kappa shape index (κ2) is 4.73. The van der Waals surface area contributed by atoms with Crippen molar-refractivity contribution in [2.75, 3.05) is 6.26 Å². The predicted molar refractivity (Wildman–Crippen MR) is 55.9 cm³/mol. The summed E-state index contributed by atoms with van der Waals surface area (Å²) < 4.78 is 24.8. The van der Waals surface area contributed by atoms with Crippen LogP contribution in [0.25, 0.3) is 0 Å². The Balaban J connectivity index is 3.11. The normalized spacial score (nSPS) is 11.0. The lowest BCUT2D eigenvalue weighted by atomic mass is 10.1. The third-order valence-electron chi connectivity index (χ3n) is 2.09. The minimum Gasteiger partial charge on any atom is -0.252 e. The second-order valence-corrected chi connectivity index (χ2v) is 4.03. The Morgan fingerprint density at radius 3 is 2.50 bits per heavy atom. The lowest BCUT2D eigenvalue weighted by Gasteiger charge is -2.10. The molecule has 0 unspecified atom stereocenters. The maximum absolute atomic E-state index is 12.4. The molecule has 0 radical (unpaired) electrons. The Kier molecular flexibility index (Phi) is 3.86. The molecule has 0 aliphatic carbocycles. The van der Waals surface area contributed by atoms with Crippen molar-refractivity contribution >= 4 is 11.8 Å². The zero-order chi connectivity index (χ0) is 10.7. The van der Waals surface area contributed by atoms with Crippen LogP contribution < -0.4 is 0 Å². The van der Waals surface area contributed by atoms with Crippen molar-refractivity contribution in [3.63, 3.8) is 0 Å². The lowest BCUT2D eigenvalue weighted by Crippen LogP contribution is -2.00. The Morgan fingerprint density at radius 2 is 2.07 bits per heavy atom. The van der Waals surface area contributed by atoms with Gasteiger partial charge in [-0.25, -0.2) is 8.78 Å². The van der Waals surface area contributed by atoms with Crippen LogP contribution in [0, 0.1) is 13.8 Å². The van der Waals surface area contributed by atoms with E-state index in [9.17, 15) is 8.78 Å². The minimum atomic E-state index is -2.48. The Morgan fingerprint density at radius 1 is 1.43 bits per heavy atom. The molecular weight excluding hydrogens is 204 g/mol. The number of aryl methyl sites for hydroxylation is 2. The van der Waals surface area contributed by atoms with E-state index in [4.69, 9.17) is 0 Å². The van der Waals surface area contributed by atoms with E-state index >= 15 is 0 Å². The quantitative estimate of drug-likeness (QED) is 0.768. The fourth-order valence-corrected chi connectivity index (χ4v) is 2.09. The van der Waals surface area contributed by atoms with Crippen molar-refractivity contribution < 1.29 is 8.78 Å². The molecule has 78 valence electrons.